The van der Waals surface area contributed by atoms with Gasteiger partial charge in [0.1, 0.15) is 46.6 Å². The molecule has 0 bridgehead atoms. The number of nitrogens with one attached hydrogen (secondary N) is 2. The fourth-order valence-electron chi connectivity index (χ4n) is 14.8. The Morgan fingerprint density at radius 2 is 0.780 bits per heavy atom. The number of anilines is 2. The third kappa shape index (κ3) is 15.7. The second-order valence-corrected chi connectivity index (χ2v) is 26.4. The molecular formula is C77H77F6N9O8. The van der Waals surface area contributed by atoms with Gasteiger partial charge in [-0.15, -0.1) is 0 Å². The Morgan fingerprint density at radius 3 is 1.15 bits per heavy atom. The van der Waals surface area contributed by atoms with Crippen LogP contribution in [0.2, 0.25) is 0 Å². The van der Waals surface area contributed by atoms with Crippen LogP contribution in [0.3, 0.4) is 0 Å². The van der Waals surface area contributed by atoms with Crippen LogP contribution in [0, 0.1) is 58.6 Å². The fraction of sp³-hybridized carbons (Fsp3) is 0.338. The van der Waals surface area contributed by atoms with Crippen molar-refractivity contribution in [3.05, 3.63) is 208 Å². The molecule has 5 heterocycles. The van der Waals surface area contributed by atoms with Gasteiger partial charge in [-0.1, -0.05) is 20.8 Å². The van der Waals surface area contributed by atoms with Crippen molar-refractivity contribution in [3.8, 4) is 0 Å². The minimum atomic E-state index is -1.30. The molecule has 3 aliphatic carbocycles. The Kier molecular flexibility index (Phi) is 21.8. The summed E-state index contributed by atoms with van der Waals surface area (Å²) in [7, 11) is 2.39. The quantitative estimate of drug-likeness (QED) is 0.0377. The Bertz CT molecular complexity index is 4850. The van der Waals surface area contributed by atoms with E-state index in [1.54, 1.807) is 61.9 Å². The van der Waals surface area contributed by atoms with Gasteiger partial charge in [0, 0.05) is 58.7 Å². The molecule has 0 radical (unpaired) electrons. The molecule has 3 unspecified atom stereocenters. The third-order valence-electron chi connectivity index (χ3n) is 20.6. The maximum Gasteiger partial charge on any atom is 0.340 e. The number of carbonyl (C=O) groups is 4. The molecule has 100 heavy (non-hydrogen) atoms. The lowest BCUT2D eigenvalue weighted by Crippen LogP contribution is -2.25. The maximum atomic E-state index is 14.3. The number of aliphatic carboxylic acids is 1. The first kappa shape index (κ1) is 70.9. The SMILES string of the molecule is CC(C(=O)O)C1CCC(c2ccnc3ccc(F)cc23)CC1.CC(c1nc2cc(C(=O)O)c(F)cc2[nH]1)C1CCC(c2ccnc3ccc(F)cc23)CC1.COC(=O)c1cc(N)c(N)cc1F.COC(=O)c1cc2nc(C(C)C3CCC(c4ccnc5ccc(F)cc45)CC3)[nH]c2cc1F. The predicted octanol–water partition coefficient (Wildman–Crippen LogP) is 17.6. The van der Waals surface area contributed by atoms with Crippen LogP contribution in [-0.4, -0.2) is 83.2 Å². The van der Waals surface area contributed by atoms with E-state index in [0.29, 0.717) is 51.7 Å². The third-order valence-corrected chi connectivity index (χ3v) is 20.6. The molecule has 3 atom stereocenters. The van der Waals surface area contributed by atoms with Crippen molar-refractivity contribution in [2.45, 2.75) is 127 Å². The van der Waals surface area contributed by atoms with Crippen molar-refractivity contribution in [2.24, 2.45) is 23.7 Å². The van der Waals surface area contributed by atoms with E-state index in [1.165, 1.54) is 55.1 Å². The number of rotatable bonds is 12. The van der Waals surface area contributed by atoms with Crippen LogP contribution >= 0.6 is 0 Å². The normalized spacial score (nSPS) is 19.3. The maximum absolute atomic E-state index is 14.3. The van der Waals surface area contributed by atoms with Crippen LogP contribution in [0.1, 0.15) is 187 Å². The zero-order valence-corrected chi connectivity index (χ0v) is 55.8. The number of carbonyl (C=O) groups excluding carboxylic acids is 2. The Hall–Kier alpha value is -10.5. The van der Waals surface area contributed by atoms with Crippen molar-refractivity contribution in [3.63, 3.8) is 0 Å². The lowest BCUT2D eigenvalue weighted by atomic mass is 9.73. The second-order valence-electron chi connectivity index (χ2n) is 26.4. The van der Waals surface area contributed by atoms with E-state index < -0.39 is 41.3 Å². The highest BCUT2D eigenvalue weighted by Gasteiger charge is 2.33. The molecule has 3 saturated carbocycles. The summed E-state index contributed by atoms with van der Waals surface area (Å²) in [6.07, 6.45) is 17.1. The van der Waals surface area contributed by atoms with Crippen molar-refractivity contribution in [2.75, 3.05) is 25.7 Å². The first-order valence-corrected chi connectivity index (χ1v) is 33.4. The number of aromatic nitrogens is 7. The van der Waals surface area contributed by atoms with Gasteiger partial charge in [0.05, 0.1) is 86.8 Å². The minimum Gasteiger partial charge on any atom is -0.481 e. The number of hydrogen-bond acceptors (Lipinski definition) is 13. The van der Waals surface area contributed by atoms with Gasteiger partial charge in [-0.3, -0.25) is 19.7 Å². The monoisotopic (exact) mass is 1370 g/mol. The van der Waals surface area contributed by atoms with E-state index in [4.69, 9.17) is 21.7 Å². The van der Waals surface area contributed by atoms with Crippen LogP contribution in [0.5, 0.6) is 0 Å². The number of methoxy groups -OCH3 is 2. The van der Waals surface area contributed by atoms with E-state index >= 15 is 0 Å². The summed E-state index contributed by atoms with van der Waals surface area (Å²) in [5.41, 5.74) is 18.3. The van der Waals surface area contributed by atoms with Crippen LogP contribution in [-0.2, 0) is 14.3 Å². The molecule has 0 aliphatic heterocycles. The number of fused-ring (bicyclic) bond motifs is 5. The van der Waals surface area contributed by atoms with Crippen molar-refractivity contribution in [1.82, 2.24) is 34.9 Å². The number of nitrogens with zero attached hydrogens (tertiary/aromatic N) is 5. The number of carboxylic acids is 2. The summed E-state index contributed by atoms with van der Waals surface area (Å²) in [5.74, 6) is -2.64. The number of esters is 2. The fourth-order valence-corrected chi connectivity index (χ4v) is 14.8. The average Bonchev–Trinajstić information content (AvgIpc) is 1.70. The number of halogens is 6. The van der Waals surface area contributed by atoms with Crippen LogP contribution < -0.4 is 11.5 Å². The number of carboxylic acid groups (broad SMARTS) is 2. The van der Waals surface area contributed by atoms with E-state index in [9.17, 15) is 45.5 Å². The Labute approximate surface area is 572 Å². The van der Waals surface area contributed by atoms with Crippen molar-refractivity contribution >= 4 is 90.0 Å². The Balaban J connectivity index is 0.000000141. The van der Waals surface area contributed by atoms with Crippen molar-refractivity contribution < 1.29 is 65.2 Å². The number of imidazole rings is 2. The van der Waals surface area contributed by atoms with Crippen LogP contribution in [0.25, 0.3) is 54.8 Å². The summed E-state index contributed by atoms with van der Waals surface area (Å²) < 4.78 is 91.6. The van der Waals surface area contributed by atoms with Gasteiger partial charge in [0.2, 0.25) is 0 Å². The number of aromatic carboxylic acids is 1. The van der Waals surface area contributed by atoms with Crippen LogP contribution in [0.15, 0.2) is 128 Å². The first-order valence-electron chi connectivity index (χ1n) is 33.4. The molecule has 520 valence electrons. The lowest BCUT2D eigenvalue weighted by molar-refractivity contribution is -0.143. The topological polar surface area (TPSA) is 275 Å². The number of ether oxygens (including phenoxy) is 2. The van der Waals surface area contributed by atoms with Crippen molar-refractivity contribution in [1.29, 1.82) is 0 Å². The van der Waals surface area contributed by atoms with Gasteiger partial charge in [0.25, 0.3) is 0 Å². The Morgan fingerprint density at radius 1 is 0.440 bits per heavy atom. The predicted molar refractivity (Wildman–Crippen MR) is 370 cm³/mol. The highest BCUT2D eigenvalue weighted by Crippen LogP contribution is 2.46. The van der Waals surface area contributed by atoms with Gasteiger partial charge < -0.3 is 41.1 Å². The molecule has 3 aliphatic rings. The number of nitrogen functional groups attached to an aromatic ring is 2. The lowest BCUT2D eigenvalue weighted by Gasteiger charge is -2.32. The zero-order chi connectivity index (χ0) is 71.2. The molecule has 0 spiro atoms. The summed E-state index contributed by atoms with van der Waals surface area (Å²) in [5, 5.41) is 21.0. The molecular weight excluding hydrogens is 1290 g/mol. The number of nitrogens with two attached hydrogens (primary N) is 2. The molecule has 14 rings (SSSR count). The smallest absolute Gasteiger partial charge is 0.340 e. The number of H-pyrrole nitrogens is 2. The highest BCUT2D eigenvalue weighted by molar-refractivity contribution is 5.95. The number of aromatic amines is 2. The molecule has 8 N–H and O–H groups in total. The van der Waals surface area contributed by atoms with Crippen LogP contribution in [0.4, 0.5) is 37.7 Å². The number of hydrogen-bond donors (Lipinski definition) is 6. The van der Waals surface area contributed by atoms with E-state index in [1.807, 2.05) is 18.2 Å². The summed E-state index contributed by atoms with van der Waals surface area (Å²) >= 11 is 0. The molecule has 0 saturated heterocycles. The molecule has 17 nitrogen and oxygen atoms in total. The van der Waals surface area contributed by atoms with Gasteiger partial charge in [-0.05, 0) is 226 Å². The molecule has 11 aromatic rings. The van der Waals surface area contributed by atoms with E-state index in [2.05, 4.69) is 58.2 Å². The minimum absolute atomic E-state index is 0.102. The molecule has 3 fully saturated rings. The molecule has 6 aromatic carbocycles. The number of benzene rings is 6. The summed E-state index contributed by atoms with van der Waals surface area (Å²) in [6, 6.07) is 27.6. The standard InChI is InChI=1S/C26H25F2N3O2.C25H23F2N3O2.C18H20FNO2.C8H9FN2O2/c1-14(25-30-23-12-20(26(32)33-2)21(28)13-24(23)31-25)15-3-5-16(6-4-15)18-9-10-29-22-8-7-17(27)11-19(18)22;1-13(24-29-22-11-19(25(31)32)20(27)12-23(22)30-24)14-2-4-15(5-3-14)17-8-9-28-21-7-6-16(26)10-18(17)21;1-11(18(21)22)12-2-4-13(5-3-12)15-8-9-20-17-7-6-14(19)10-16(15)17;1-13-8(12)4-2-6(10)7(11)3-5(4)9/h7-16H,3-6H2,1-2H3,(H,30,31);6-15H,2-5H2,1H3,(H,29,30)(H,31,32);6-13H,2-5H2,1H3,(H,21,22);2-3H,10-11H2,1H3. The molecule has 23 heteroatoms. The van der Waals surface area contributed by atoms with Gasteiger partial charge >= 0.3 is 23.9 Å². The summed E-state index contributed by atoms with van der Waals surface area (Å²) in [4.78, 5) is 73.7. The largest absolute Gasteiger partial charge is 0.481 e. The second kappa shape index (κ2) is 30.8. The van der Waals surface area contributed by atoms with Gasteiger partial charge in [-0.2, -0.15) is 0 Å². The summed E-state index contributed by atoms with van der Waals surface area (Å²) in [6.45, 7) is 6.04. The highest BCUT2D eigenvalue weighted by atomic mass is 19.1. The zero-order valence-electron chi connectivity index (χ0n) is 55.8. The van der Waals surface area contributed by atoms with E-state index in [-0.39, 0.29) is 69.2 Å². The van der Waals surface area contributed by atoms with Gasteiger partial charge in [0.15, 0.2) is 0 Å². The van der Waals surface area contributed by atoms with Gasteiger partial charge in [-0.25, -0.2) is 50.7 Å². The van der Waals surface area contributed by atoms with E-state index in [0.717, 1.165) is 152 Å². The first-order chi connectivity index (χ1) is 48.0. The average molecular weight is 1370 g/mol. The molecule has 5 aromatic heterocycles. The number of pyridine rings is 3. The molecule has 0 amide bonds.